The number of methoxy groups -OCH3 is 1. The molecule has 0 aliphatic carbocycles. The first kappa shape index (κ1) is 14.9. The first-order valence-corrected chi connectivity index (χ1v) is 6.39. The summed E-state index contributed by atoms with van der Waals surface area (Å²) in [5.74, 6) is 1.16. The number of ether oxygens (including phenoxy) is 1. The Morgan fingerprint density at radius 1 is 1.50 bits per heavy atom. The number of aromatic nitrogens is 1. The molecule has 0 fully saturated rings. The molecule has 1 heterocycles. The molecule has 4 nitrogen and oxygen atoms in total. The van der Waals surface area contributed by atoms with E-state index in [2.05, 4.69) is 24.1 Å². The molecule has 100 valence electrons. The van der Waals surface area contributed by atoms with Gasteiger partial charge < -0.3 is 15.8 Å². The summed E-state index contributed by atoms with van der Waals surface area (Å²) in [6.45, 7) is 6.82. The van der Waals surface area contributed by atoms with Crippen LogP contribution in [0.1, 0.15) is 25.1 Å². The van der Waals surface area contributed by atoms with E-state index in [1.54, 1.807) is 7.11 Å². The molecule has 0 aliphatic rings. The highest BCUT2D eigenvalue weighted by atomic mass is 32.1. The summed E-state index contributed by atoms with van der Waals surface area (Å²) in [5.41, 5.74) is 7.41. The third-order valence-corrected chi connectivity index (χ3v) is 2.99. The normalized spacial score (nSPS) is 12.5. The molecule has 1 unspecified atom stereocenters. The topological polar surface area (TPSA) is 60.2 Å². The van der Waals surface area contributed by atoms with Crippen molar-refractivity contribution in [3.05, 3.63) is 23.4 Å². The molecule has 0 spiro atoms. The van der Waals surface area contributed by atoms with Crippen LogP contribution in [0.5, 0.6) is 0 Å². The number of pyridine rings is 1. The maximum atomic E-state index is 5.71. The van der Waals surface area contributed by atoms with Crippen molar-refractivity contribution < 1.29 is 4.74 Å². The average molecular weight is 267 g/mol. The number of hydrogen-bond donors (Lipinski definition) is 2. The van der Waals surface area contributed by atoms with Crippen LogP contribution in [0.2, 0.25) is 0 Å². The quantitative estimate of drug-likeness (QED) is 0.773. The standard InChI is InChI=1S/C13H21N3OS/c1-8(2)11(7-17-4)16-13-10(12(14)18)6-5-9(3)15-13/h5-6,8,11H,7H2,1-4H3,(H2,14,18)(H,15,16). The molecule has 18 heavy (non-hydrogen) atoms. The van der Waals surface area contributed by atoms with Gasteiger partial charge in [0, 0.05) is 12.8 Å². The van der Waals surface area contributed by atoms with Gasteiger partial charge in [0.25, 0.3) is 0 Å². The fourth-order valence-electron chi connectivity index (χ4n) is 1.62. The lowest BCUT2D eigenvalue weighted by Crippen LogP contribution is -2.32. The van der Waals surface area contributed by atoms with Gasteiger partial charge in [-0.15, -0.1) is 0 Å². The molecule has 1 atom stereocenters. The van der Waals surface area contributed by atoms with Crippen LogP contribution >= 0.6 is 12.2 Å². The summed E-state index contributed by atoms with van der Waals surface area (Å²) in [4.78, 5) is 4.82. The second kappa shape index (κ2) is 6.66. The Hall–Kier alpha value is -1.20. The molecule has 0 saturated carbocycles. The minimum absolute atomic E-state index is 0.178. The summed E-state index contributed by atoms with van der Waals surface area (Å²) in [7, 11) is 1.69. The van der Waals surface area contributed by atoms with Crippen molar-refractivity contribution in [2.75, 3.05) is 19.0 Å². The first-order valence-electron chi connectivity index (χ1n) is 5.98. The zero-order valence-electron chi connectivity index (χ0n) is 11.4. The van der Waals surface area contributed by atoms with Gasteiger partial charge in [-0.3, -0.25) is 0 Å². The molecule has 0 aromatic carbocycles. The Kier molecular flexibility index (Phi) is 5.50. The van der Waals surface area contributed by atoms with Crippen molar-refractivity contribution in [2.24, 2.45) is 11.7 Å². The predicted molar refractivity (Wildman–Crippen MR) is 79.0 cm³/mol. The number of rotatable bonds is 6. The van der Waals surface area contributed by atoms with Crippen molar-refractivity contribution in [1.82, 2.24) is 4.98 Å². The summed E-state index contributed by atoms with van der Waals surface area (Å²) < 4.78 is 5.21. The van der Waals surface area contributed by atoms with Crippen LogP contribution in [0.4, 0.5) is 5.82 Å². The maximum absolute atomic E-state index is 5.71. The van der Waals surface area contributed by atoms with E-state index in [4.69, 9.17) is 22.7 Å². The second-order valence-electron chi connectivity index (χ2n) is 4.66. The first-order chi connectivity index (χ1) is 8.45. The smallest absolute Gasteiger partial charge is 0.136 e. The number of thiocarbonyl (C=S) groups is 1. The number of nitrogens with one attached hydrogen (secondary N) is 1. The van der Waals surface area contributed by atoms with Crippen LogP contribution in [-0.4, -0.2) is 29.7 Å². The number of aryl methyl sites for hydroxylation is 1. The highest BCUT2D eigenvalue weighted by Crippen LogP contribution is 2.17. The Morgan fingerprint density at radius 2 is 2.17 bits per heavy atom. The SMILES string of the molecule is COCC(Nc1nc(C)ccc1C(N)=S)C(C)C. The van der Waals surface area contributed by atoms with Crippen LogP contribution in [0, 0.1) is 12.8 Å². The fraction of sp³-hybridized carbons (Fsp3) is 0.538. The lowest BCUT2D eigenvalue weighted by Gasteiger charge is -2.23. The maximum Gasteiger partial charge on any atom is 0.136 e. The number of anilines is 1. The van der Waals surface area contributed by atoms with Crippen LogP contribution in [0.3, 0.4) is 0 Å². The van der Waals surface area contributed by atoms with Gasteiger partial charge in [-0.1, -0.05) is 26.1 Å². The summed E-state index contributed by atoms with van der Waals surface area (Å²) in [6, 6.07) is 3.98. The van der Waals surface area contributed by atoms with Gasteiger partial charge in [-0.05, 0) is 25.0 Å². The molecule has 1 aromatic rings. The van der Waals surface area contributed by atoms with Crippen molar-refractivity contribution in [2.45, 2.75) is 26.8 Å². The van der Waals surface area contributed by atoms with Gasteiger partial charge >= 0.3 is 0 Å². The van der Waals surface area contributed by atoms with E-state index in [1.165, 1.54) is 0 Å². The van der Waals surface area contributed by atoms with Crippen LogP contribution < -0.4 is 11.1 Å². The van der Waals surface area contributed by atoms with Gasteiger partial charge in [0.2, 0.25) is 0 Å². The Bertz CT molecular complexity index is 421. The molecule has 5 heteroatoms. The molecule has 0 aliphatic heterocycles. The summed E-state index contributed by atoms with van der Waals surface area (Å²) in [6.07, 6.45) is 0. The van der Waals surface area contributed by atoms with Gasteiger partial charge in [-0.2, -0.15) is 0 Å². The van der Waals surface area contributed by atoms with E-state index in [0.717, 1.165) is 17.1 Å². The molecular weight excluding hydrogens is 246 g/mol. The molecule has 3 N–H and O–H groups in total. The highest BCUT2D eigenvalue weighted by Gasteiger charge is 2.16. The van der Waals surface area contributed by atoms with Crippen molar-refractivity contribution in [3.8, 4) is 0 Å². The monoisotopic (exact) mass is 267 g/mol. The molecule has 1 rings (SSSR count). The fourth-order valence-corrected chi connectivity index (χ4v) is 1.79. The highest BCUT2D eigenvalue weighted by molar-refractivity contribution is 7.80. The minimum Gasteiger partial charge on any atom is -0.389 e. The zero-order valence-corrected chi connectivity index (χ0v) is 12.2. The van der Waals surface area contributed by atoms with Crippen molar-refractivity contribution in [1.29, 1.82) is 0 Å². The van der Waals surface area contributed by atoms with E-state index in [1.807, 2.05) is 19.1 Å². The van der Waals surface area contributed by atoms with E-state index >= 15 is 0 Å². The number of nitrogens with zero attached hydrogens (tertiary/aromatic N) is 1. The lowest BCUT2D eigenvalue weighted by atomic mass is 10.0. The Labute approximate surface area is 114 Å². The number of nitrogens with two attached hydrogens (primary N) is 1. The minimum atomic E-state index is 0.178. The molecule has 1 aromatic heterocycles. The largest absolute Gasteiger partial charge is 0.389 e. The predicted octanol–water partition coefficient (Wildman–Crippen LogP) is 2.11. The third kappa shape index (κ3) is 3.92. The third-order valence-electron chi connectivity index (χ3n) is 2.77. The van der Waals surface area contributed by atoms with Gasteiger partial charge in [0.15, 0.2) is 0 Å². The van der Waals surface area contributed by atoms with Gasteiger partial charge in [0.05, 0.1) is 18.2 Å². The van der Waals surface area contributed by atoms with Crippen LogP contribution in [0.15, 0.2) is 12.1 Å². The van der Waals surface area contributed by atoms with Crippen LogP contribution in [0.25, 0.3) is 0 Å². The average Bonchev–Trinajstić information content (AvgIpc) is 2.28. The van der Waals surface area contributed by atoms with E-state index in [9.17, 15) is 0 Å². The van der Waals surface area contributed by atoms with E-state index in [-0.39, 0.29) is 6.04 Å². The Morgan fingerprint density at radius 3 is 2.67 bits per heavy atom. The lowest BCUT2D eigenvalue weighted by molar-refractivity contribution is 0.171. The zero-order chi connectivity index (χ0) is 13.7. The van der Waals surface area contributed by atoms with Crippen molar-refractivity contribution >= 4 is 23.0 Å². The van der Waals surface area contributed by atoms with Gasteiger partial charge in [-0.25, -0.2) is 4.98 Å². The van der Waals surface area contributed by atoms with E-state index in [0.29, 0.717) is 17.5 Å². The summed E-state index contributed by atoms with van der Waals surface area (Å²) in [5, 5.41) is 3.37. The molecule has 0 radical (unpaired) electrons. The molecule has 0 saturated heterocycles. The Balaban J connectivity index is 3.00. The molecule has 0 amide bonds. The molecule has 0 bridgehead atoms. The summed E-state index contributed by atoms with van der Waals surface area (Å²) >= 11 is 5.04. The van der Waals surface area contributed by atoms with Gasteiger partial charge in [0.1, 0.15) is 10.8 Å². The molecular formula is C13H21N3OS. The number of hydrogen-bond acceptors (Lipinski definition) is 4. The van der Waals surface area contributed by atoms with Crippen molar-refractivity contribution in [3.63, 3.8) is 0 Å². The van der Waals surface area contributed by atoms with E-state index < -0.39 is 0 Å². The second-order valence-corrected chi connectivity index (χ2v) is 5.10. The van der Waals surface area contributed by atoms with Crippen LogP contribution in [-0.2, 0) is 4.74 Å².